The third kappa shape index (κ3) is 5.33. The van der Waals surface area contributed by atoms with E-state index in [4.69, 9.17) is 27.9 Å². The Bertz CT molecular complexity index is 708. The van der Waals surface area contributed by atoms with Crippen LogP contribution in [-0.4, -0.2) is 18.7 Å². The van der Waals surface area contributed by atoms with Gasteiger partial charge in [0.15, 0.2) is 6.61 Å². The maximum Gasteiger partial charge on any atom is 0.277 e. The molecule has 1 N–H and O–H groups in total. The van der Waals surface area contributed by atoms with Crippen LogP contribution in [0, 0.1) is 0 Å². The van der Waals surface area contributed by atoms with Crippen LogP contribution in [0.4, 0.5) is 0 Å². The summed E-state index contributed by atoms with van der Waals surface area (Å²) < 4.78 is 6.15. The molecule has 0 radical (unpaired) electrons. The lowest BCUT2D eigenvalue weighted by Gasteiger charge is -2.07. The molecule has 0 aliphatic heterocycles. The van der Waals surface area contributed by atoms with Crippen LogP contribution in [-0.2, 0) is 4.79 Å². The van der Waals surface area contributed by atoms with E-state index < -0.39 is 5.91 Å². The van der Waals surface area contributed by atoms with Gasteiger partial charge in [0.1, 0.15) is 5.75 Å². The van der Waals surface area contributed by atoms with Crippen LogP contribution in [0.5, 0.6) is 5.75 Å². The highest BCUT2D eigenvalue weighted by molar-refractivity contribution is 9.10. The molecular weight excluding hydrogens is 391 g/mol. The molecule has 0 heterocycles. The van der Waals surface area contributed by atoms with Gasteiger partial charge in [-0.05, 0) is 35.9 Å². The Balaban J connectivity index is 1.83. The minimum absolute atomic E-state index is 0.186. The highest BCUT2D eigenvalue weighted by atomic mass is 79.9. The van der Waals surface area contributed by atoms with E-state index >= 15 is 0 Å². The Kier molecular flexibility index (Phi) is 6.24. The van der Waals surface area contributed by atoms with Crippen molar-refractivity contribution in [3.05, 3.63) is 62.5 Å². The van der Waals surface area contributed by atoms with Crippen LogP contribution in [0.3, 0.4) is 0 Å². The molecule has 0 saturated heterocycles. The molecule has 2 aromatic carbocycles. The second-order valence-electron chi connectivity index (χ2n) is 4.21. The number of hydrogen-bond acceptors (Lipinski definition) is 3. The fraction of sp³-hybridized carbons (Fsp3) is 0.0667. The molecule has 2 rings (SSSR count). The van der Waals surface area contributed by atoms with Crippen LogP contribution in [0.15, 0.2) is 52.0 Å². The maximum absolute atomic E-state index is 11.6. The molecule has 0 aromatic heterocycles. The summed E-state index contributed by atoms with van der Waals surface area (Å²) >= 11 is 15.1. The predicted molar refractivity (Wildman–Crippen MR) is 91.8 cm³/mol. The molecule has 0 fully saturated rings. The third-order valence-electron chi connectivity index (χ3n) is 2.50. The van der Waals surface area contributed by atoms with Crippen molar-refractivity contribution in [3.63, 3.8) is 0 Å². The van der Waals surface area contributed by atoms with E-state index in [1.54, 1.807) is 36.4 Å². The molecule has 0 atom stereocenters. The van der Waals surface area contributed by atoms with E-state index in [1.807, 2.05) is 6.07 Å². The van der Waals surface area contributed by atoms with Gasteiger partial charge < -0.3 is 4.74 Å². The monoisotopic (exact) mass is 400 g/mol. The van der Waals surface area contributed by atoms with E-state index in [0.717, 1.165) is 10.0 Å². The number of halogens is 3. The van der Waals surface area contributed by atoms with Crippen molar-refractivity contribution < 1.29 is 9.53 Å². The van der Waals surface area contributed by atoms with Crippen molar-refractivity contribution in [1.82, 2.24) is 5.43 Å². The van der Waals surface area contributed by atoms with Gasteiger partial charge in [0, 0.05) is 9.50 Å². The van der Waals surface area contributed by atoms with Crippen molar-refractivity contribution in [2.45, 2.75) is 0 Å². The lowest BCUT2D eigenvalue weighted by Crippen LogP contribution is -2.24. The number of amides is 1. The van der Waals surface area contributed by atoms with E-state index in [1.165, 1.54) is 6.21 Å². The standard InChI is InChI=1S/C15H11BrCl2N2O2/c16-11-4-5-14(13(18)7-11)22-9-15(21)20-19-8-10-2-1-3-12(17)6-10/h1-8H,9H2,(H,20,21). The van der Waals surface area contributed by atoms with E-state index in [-0.39, 0.29) is 6.61 Å². The van der Waals surface area contributed by atoms with Gasteiger partial charge >= 0.3 is 0 Å². The Morgan fingerprint density at radius 3 is 2.82 bits per heavy atom. The molecule has 0 aliphatic carbocycles. The molecule has 114 valence electrons. The first kappa shape index (κ1) is 16.8. The van der Waals surface area contributed by atoms with E-state index in [0.29, 0.717) is 15.8 Å². The molecule has 0 spiro atoms. The number of rotatable bonds is 5. The summed E-state index contributed by atoms with van der Waals surface area (Å²) in [6, 6.07) is 12.2. The van der Waals surface area contributed by atoms with Crippen LogP contribution in [0.1, 0.15) is 5.56 Å². The Morgan fingerprint density at radius 2 is 2.09 bits per heavy atom. The average molecular weight is 402 g/mol. The number of nitrogens with one attached hydrogen (secondary N) is 1. The summed E-state index contributed by atoms with van der Waals surface area (Å²) in [5, 5.41) is 4.85. The van der Waals surface area contributed by atoms with Gasteiger partial charge in [-0.25, -0.2) is 5.43 Å². The number of carbonyl (C=O) groups excluding carboxylic acids is 1. The molecule has 0 saturated carbocycles. The van der Waals surface area contributed by atoms with Crippen molar-refractivity contribution in [2.24, 2.45) is 5.10 Å². The molecule has 22 heavy (non-hydrogen) atoms. The number of hydrazone groups is 1. The van der Waals surface area contributed by atoms with Crippen LogP contribution in [0.25, 0.3) is 0 Å². The number of carbonyl (C=O) groups is 1. The van der Waals surface area contributed by atoms with Crippen molar-refractivity contribution in [3.8, 4) is 5.75 Å². The first-order valence-electron chi connectivity index (χ1n) is 6.20. The van der Waals surface area contributed by atoms with E-state index in [9.17, 15) is 4.79 Å². The van der Waals surface area contributed by atoms with Crippen LogP contribution < -0.4 is 10.2 Å². The summed E-state index contributed by atoms with van der Waals surface area (Å²) in [4.78, 5) is 11.6. The minimum atomic E-state index is -0.391. The summed E-state index contributed by atoms with van der Waals surface area (Å²) in [7, 11) is 0. The molecule has 0 unspecified atom stereocenters. The Morgan fingerprint density at radius 1 is 1.27 bits per heavy atom. The smallest absolute Gasteiger partial charge is 0.277 e. The second-order valence-corrected chi connectivity index (χ2v) is 5.97. The van der Waals surface area contributed by atoms with Gasteiger partial charge in [-0.15, -0.1) is 0 Å². The van der Waals surface area contributed by atoms with Gasteiger partial charge in [0.2, 0.25) is 0 Å². The summed E-state index contributed by atoms with van der Waals surface area (Å²) in [6.07, 6.45) is 1.50. The first-order valence-corrected chi connectivity index (χ1v) is 7.75. The lowest BCUT2D eigenvalue weighted by molar-refractivity contribution is -0.123. The zero-order valence-corrected chi connectivity index (χ0v) is 14.3. The third-order valence-corrected chi connectivity index (χ3v) is 3.53. The highest BCUT2D eigenvalue weighted by Crippen LogP contribution is 2.27. The molecule has 0 aliphatic rings. The predicted octanol–water partition coefficient (Wildman–Crippen LogP) is 4.29. The Hall–Kier alpha value is -1.56. The van der Waals surface area contributed by atoms with Gasteiger partial charge in [-0.2, -0.15) is 5.10 Å². The van der Waals surface area contributed by atoms with Gasteiger partial charge in [0.25, 0.3) is 5.91 Å². The molecule has 7 heteroatoms. The second kappa shape index (κ2) is 8.17. The zero-order valence-electron chi connectivity index (χ0n) is 11.2. The van der Waals surface area contributed by atoms with Gasteiger partial charge in [-0.1, -0.05) is 51.3 Å². The topological polar surface area (TPSA) is 50.7 Å². The van der Waals surface area contributed by atoms with Crippen LogP contribution >= 0.6 is 39.1 Å². The number of ether oxygens (including phenoxy) is 1. The molecule has 2 aromatic rings. The Labute approximate surface area is 146 Å². The van der Waals surface area contributed by atoms with Gasteiger partial charge in [0.05, 0.1) is 11.2 Å². The minimum Gasteiger partial charge on any atom is -0.482 e. The highest BCUT2D eigenvalue weighted by Gasteiger charge is 2.05. The lowest BCUT2D eigenvalue weighted by atomic mass is 10.2. The largest absolute Gasteiger partial charge is 0.482 e. The molecule has 4 nitrogen and oxygen atoms in total. The molecule has 1 amide bonds. The number of benzene rings is 2. The van der Waals surface area contributed by atoms with Gasteiger partial charge in [-0.3, -0.25) is 4.79 Å². The normalized spacial score (nSPS) is 10.7. The SMILES string of the molecule is O=C(COc1ccc(Br)cc1Cl)NN=Cc1cccc(Cl)c1. The number of nitrogens with zero attached hydrogens (tertiary/aromatic N) is 1. The molecule has 0 bridgehead atoms. The van der Waals surface area contributed by atoms with Crippen molar-refractivity contribution >= 4 is 51.3 Å². The fourth-order valence-corrected chi connectivity index (χ4v) is 2.46. The quantitative estimate of drug-likeness (QED) is 0.600. The summed E-state index contributed by atoms with van der Waals surface area (Å²) in [6.45, 7) is -0.186. The van der Waals surface area contributed by atoms with Crippen molar-refractivity contribution in [2.75, 3.05) is 6.61 Å². The average Bonchev–Trinajstić information content (AvgIpc) is 2.46. The van der Waals surface area contributed by atoms with E-state index in [2.05, 4.69) is 26.5 Å². The fourth-order valence-electron chi connectivity index (χ4n) is 1.53. The maximum atomic E-state index is 11.6. The van der Waals surface area contributed by atoms with Crippen LogP contribution in [0.2, 0.25) is 10.0 Å². The van der Waals surface area contributed by atoms with Crippen molar-refractivity contribution in [1.29, 1.82) is 0 Å². The summed E-state index contributed by atoms with van der Waals surface area (Å²) in [5.41, 5.74) is 3.14. The number of hydrogen-bond donors (Lipinski definition) is 1. The first-order chi connectivity index (χ1) is 10.5. The summed E-state index contributed by atoms with van der Waals surface area (Å²) in [5.74, 6) is 0.0381. The zero-order chi connectivity index (χ0) is 15.9. The molecular formula is C15H11BrCl2N2O2.